The number of aromatic amines is 1. The van der Waals surface area contributed by atoms with Crippen LogP contribution in [0.25, 0.3) is 16.6 Å². The first-order chi connectivity index (χ1) is 8.75. The smallest absolute Gasteiger partial charge is 0.315 e. The lowest BCUT2D eigenvalue weighted by Crippen LogP contribution is -2.38. The van der Waals surface area contributed by atoms with Gasteiger partial charge in [-0.05, 0) is 18.1 Å². The lowest BCUT2D eigenvalue weighted by molar-refractivity contribution is 0.213. The van der Waals surface area contributed by atoms with Gasteiger partial charge in [-0.2, -0.15) is 0 Å². The molecule has 2 amide bonds. The zero-order valence-corrected chi connectivity index (χ0v) is 9.76. The number of H-pyrrole nitrogens is 1. The summed E-state index contributed by atoms with van der Waals surface area (Å²) in [6.45, 7) is 1.18. The molecular weight excluding hydrogens is 230 g/mol. The van der Waals surface area contributed by atoms with E-state index in [1.807, 2.05) is 18.3 Å². The summed E-state index contributed by atoms with van der Waals surface area (Å²) in [6, 6.07) is 1.59. The second-order valence-corrected chi connectivity index (χ2v) is 4.23. The van der Waals surface area contributed by atoms with Crippen LogP contribution in [-0.4, -0.2) is 39.0 Å². The van der Waals surface area contributed by atoms with Crippen molar-refractivity contribution in [3.63, 3.8) is 0 Å². The molecule has 0 spiro atoms. The fraction of sp³-hybridized carbons (Fsp3) is 0.250. The maximum absolute atomic E-state index is 11.1. The van der Waals surface area contributed by atoms with E-state index in [1.54, 1.807) is 11.2 Å². The topological polar surface area (TPSA) is 87.9 Å². The van der Waals surface area contributed by atoms with Crippen LogP contribution in [0.15, 0.2) is 24.7 Å². The Labute approximate surface area is 104 Å². The molecule has 3 N–H and O–H groups in total. The Morgan fingerprint density at radius 1 is 1.44 bits per heavy atom. The first-order valence-electron chi connectivity index (χ1n) is 5.77. The van der Waals surface area contributed by atoms with Gasteiger partial charge in [0.2, 0.25) is 0 Å². The molecule has 0 aliphatic carbocycles. The van der Waals surface area contributed by atoms with Gasteiger partial charge in [0.25, 0.3) is 0 Å². The second-order valence-electron chi connectivity index (χ2n) is 4.23. The maximum atomic E-state index is 11.1. The zero-order valence-electron chi connectivity index (χ0n) is 9.76. The Kier molecular flexibility index (Phi) is 2.47. The van der Waals surface area contributed by atoms with Crippen molar-refractivity contribution in [2.75, 3.05) is 13.1 Å². The number of fused-ring (bicyclic) bond motifs is 1. The molecule has 6 heteroatoms. The van der Waals surface area contributed by atoms with Gasteiger partial charge >= 0.3 is 6.03 Å². The quantitative estimate of drug-likeness (QED) is 0.786. The summed E-state index contributed by atoms with van der Waals surface area (Å²) in [5, 5.41) is 1.01. The normalized spacial score (nSPS) is 15.8. The minimum atomic E-state index is -0.375. The van der Waals surface area contributed by atoms with Crippen molar-refractivity contribution in [3.05, 3.63) is 30.4 Å². The van der Waals surface area contributed by atoms with E-state index in [2.05, 4.69) is 15.0 Å². The van der Waals surface area contributed by atoms with Crippen LogP contribution >= 0.6 is 0 Å². The largest absolute Gasteiger partial charge is 0.351 e. The van der Waals surface area contributed by atoms with Gasteiger partial charge in [0.05, 0.1) is 5.69 Å². The third kappa shape index (κ3) is 1.71. The van der Waals surface area contributed by atoms with Crippen LogP contribution in [0.2, 0.25) is 0 Å². The van der Waals surface area contributed by atoms with E-state index in [0.29, 0.717) is 13.1 Å². The number of nitrogens with one attached hydrogen (secondary N) is 1. The summed E-state index contributed by atoms with van der Waals surface area (Å²) in [4.78, 5) is 24.2. The predicted molar refractivity (Wildman–Crippen MR) is 67.6 cm³/mol. The average Bonchev–Trinajstić information content (AvgIpc) is 2.87. The van der Waals surface area contributed by atoms with Gasteiger partial charge in [-0.3, -0.25) is 0 Å². The van der Waals surface area contributed by atoms with Crippen molar-refractivity contribution in [2.24, 2.45) is 5.73 Å². The summed E-state index contributed by atoms with van der Waals surface area (Å²) >= 11 is 0. The Morgan fingerprint density at radius 3 is 3.06 bits per heavy atom. The molecule has 0 radical (unpaired) electrons. The van der Waals surface area contributed by atoms with Crippen molar-refractivity contribution in [1.82, 2.24) is 19.9 Å². The lowest BCUT2D eigenvalue weighted by atomic mass is 10.0. The number of carbonyl (C=O) groups is 1. The molecule has 0 saturated heterocycles. The molecule has 0 unspecified atom stereocenters. The van der Waals surface area contributed by atoms with Gasteiger partial charge in [0.15, 0.2) is 0 Å². The van der Waals surface area contributed by atoms with Gasteiger partial charge in [-0.25, -0.2) is 14.8 Å². The van der Waals surface area contributed by atoms with Gasteiger partial charge < -0.3 is 15.6 Å². The molecule has 6 nitrogen and oxygen atoms in total. The van der Waals surface area contributed by atoms with Gasteiger partial charge in [0, 0.05) is 24.7 Å². The number of hydrogen-bond donors (Lipinski definition) is 2. The number of amides is 2. The van der Waals surface area contributed by atoms with E-state index in [4.69, 9.17) is 5.73 Å². The van der Waals surface area contributed by atoms with E-state index in [1.165, 1.54) is 0 Å². The molecule has 3 rings (SSSR count). The van der Waals surface area contributed by atoms with E-state index in [-0.39, 0.29) is 6.03 Å². The molecule has 3 heterocycles. The third-order valence-electron chi connectivity index (χ3n) is 3.18. The number of hydrogen-bond acceptors (Lipinski definition) is 3. The first-order valence-corrected chi connectivity index (χ1v) is 5.77. The predicted octanol–water partition coefficient (Wildman–Crippen LogP) is 1.13. The van der Waals surface area contributed by atoms with Crippen LogP contribution in [0.4, 0.5) is 4.79 Å². The summed E-state index contributed by atoms with van der Waals surface area (Å²) in [5.41, 5.74) is 8.16. The van der Waals surface area contributed by atoms with Gasteiger partial charge in [0.1, 0.15) is 12.0 Å². The molecule has 0 bridgehead atoms. The highest BCUT2D eigenvalue weighted by atomic mass is 16.2. The van der Waals surface area contributed by atoms with Crippen molar-refractivity contribution in [2.45, 2.75) is 6.42 Å². The van der Waals surface area contributed by atoms with Crippen molar-refractivity contribution < 1.29 is 4.79 Å². The van der Waals surface area contributed by atoms with Crippen LogP contribution in [0, 0.1) is 0 Å². The third-order valence-corrected chi connectivity index (χ3v) is 3.18. The molecule has 1 aliphatic heterocycles. The molecule has 2 aromatic heterocycles. The van der Waals surface area contributed by atoms with Crippen LogP contribution < -0.4 is 5.73 Å². The fourth-order valence-corrected chi connectivity index (χ4v) is 2.21. The minimum Gasteiger partial charge on any atom is -0.351 e. The van der Waals surface area contributed by atoms with E-state index in [9.17, 15) is 4.79 Å². The standard InChI is InChI=1S/C12H13N5O/c13-12(18)17-5-2-8(3-6-17)10-9-1-4-14-11(9)16-7-15-10/h1-2,4,7H,3,5-6H2,(H2,13,18)(H,14,15,16). The lowest BCUT2D eigenvalue weighted by Gasteiger charge is -2.24. The number of rotatable bonds is 1. The summed E-state index contributed by atoms with van der Waals surface area (Å²) in [5.74, 6) is 0. The molecule has 0 saturated carbocycles. The Hall–Kier alpha value is -2.37. The molecule has 1 aliphatic rings. The SMILES string of the molecule is NC(=O)N1CC=C(c2ncnc3[nH]ccc23)CC1. The highest BCUT2D eigenvalue weighted by Gasteiger charge is 2.17. The van der Waals surface area contributed by atoms with E-state index >= 15 is 0 Å². The van der Waals surface area contributed by atoms with E-state index in [0.717, 1.165) is 28.7 Å². The Morgan fingerprint density at radius 2 is 2.33 bits per heavy atom. The van der Waals surface area contributed by atoms with Crippen LogP contribution in [0.5, 0.6) is 0 Å². The molecule has 0 fully saturated rings. The summed E-state index contributed by atoms with van der Waals surface area (Å²) < 4.78 is 0. The number of aromatic nitrogens is 3. The summed E-state index contributed by atoms with van der Waals surface area (Å²) in [6.07, 6.45) is 6.17. The highest BCUT2D eigenvalue weighted by molar-refractivity contribution is 5.88. The molecular formula is C12H13N5O. The monoisotopic (exact) mass is 243 g/mol. The van der Waals surface area contributed by atoms with Gasteiger partial charge in [-0.15, -0.1) is 0 Å². The number of nitrogens with two attached hydrogens (primary N) is 1. The van der Waals surface area contributed by atoms with Crippen molar-refractivity contribution >= 4 is 22.6 Å². The molecule has 92 valence electrons. The number of urea groups is 1. The van der Waals surface area contributed by atoms with Crippen LogP contribution in [0.1, 0.15) is 12.1 Å². The van der Waals surface area contributed by atoms with Crippen molar-refractivity contribution in [1.29, 1.82) is 0 Å². The maximum Gasteiger partial charge on any atom is 0.315 e. The highest BCUT2D eigenvalue weighted by Crippen LogP contribution is 2.25. The summed E-state index contributed by atoms with van der Waals surface area (Å²) in [7, 11) is 0. The van der Waals surface area contributed by atoms with Crippen LogP contribution in [0.3, 0.4) is 0 Å². The Balaban J connectivity index is 1.96. The van der Waals surface area contributed by atoms with Crippen molar-refractivity contribution in [3.8, 4) is 0 Å². The molecule has 0 aromatic carbocycles. The minimum absolute atomic E-state index is 0.375. The number of nitrogens with zero attached hydrogens (tertiary/aromatic N) is 3. The molecule has 18 heavy (non-hydrogen) atoms. The molecule has 2 aromatic rings. The first kappa shape index (κ1) is 10.8. The molecule has 0 atom stereocenters. The van der Waals surface area contributed by atoms with Gasteiger partial charge in [-0.1, -0.05) is 6.08 Å². The van der Waals surface area contributed by atoms with E-state index < -0.39 is 0 Å². The second kappa shape index (κ2) is 4.14. The Bertz CT molecular complexity index is 630. The number of carbonyl (C=O) groups excluding carboxylic acids is 1. The zero-order chi connectivity index (χ0) is 12.5. The van der Waals surface area contributed by atoms with Crippen LogP contribution in [-0.2, 0) is 0 Å². The number of primary amides is 1. The average molecular weight is 243 g/mol. The fourth-order valence-electron chi connectivity index (χ4n) is 2.21.